The fourth-order valence-electron chi connectivity index (χ4n) is 2.20. The quantitative estimate of drug-likeness (QED) is 0.819. The Kier molecular flexibility index (Phi) is 5.08. The summed E-state index contributed by atoms with van der Waals surface area (Å²) >= 11 is 0. The number of alkyl halides is 3. The lowest BCUT2D eigenvalue weighted by Crippen LogP contribution is -2.59. The third-order valence-electron chi connectivity index (χ3n) is 3.36. The molecular formula is C14H18F3NO3. The highest BCUT2D eigenvalue weighted by molar-refractivity contribution is 5.36. The van der Waals surface area contributed by atoms with Gasteiger partial charge in [0.05, 0.1) is 18.8 Å². The number of hydrogen-bond donors (Lipinski definition) is 1. The minimum Gasteiger partial charge on any atom is -0.487 e. The molecule has 4 nitrogen and oxygen atoms in total. The Morgan fingerprint density at radius 2 is 1.95 bits per heavy atom. The van der Waals surface area contributed by atoms with Crippen LogP contribution in [0.2, 0.25) is 0 Å². The monoisotopic (exact) mass is 305 g/mol. The molecule has 0 amide bonds. The molecule has 1 saturated carbocycles. The van der Waals surface area contributed by atoms with Crippen molar-refractivity contribution >= 4 is 0 Å². The maximum Gasteiger partial charge on any atom is 0.419 e. The molecule has 0 aliphatic heterocycles. The van der Waals surface area contributed by atoms with E-state index < -0.39 is 23.9 Å². The normalized spacial score (nSPS) is 25.5. The van der Waals surface area contributed by atoms with E-state index in [0.717, 1.165) is 6.07 Å². The van der Waals surface area contributed by atoms with Gasteiger partial charge in [-0.2, -0.15) is 13.2 Å². The second-order valence-corrected chi connectivity index (χ2v) is 4.88. The molecular weight excluding hydrogens is 287 g/mol. The molecule has 1 aliphatic rings. The maximum atomic E-state index is 12.9. The van der Waals surface area contributed by atoms with Gasteiger partial charge in [-0.25, -0.2) is 0 Å². The zero-order valence-electron chi connectivity index (χ0n) is 11.6. The van der Waals surface area contributed by atoms with Crippen molar-refractivity contribution in [1.82, 2.24) is 0 Å². The number of hydrogen-bond acceptors (Lipinski definition) is 4. The van der Waals surface area contributed by atoms with Crippen LogP contribution in [0.3, 0.4) is 0 Å². The molecule has 0 radical (unpaired) electrons. The Balaban J connectivity index is 2.02. The standard InChI is InChI=1S/C14H18F3NO3/c1-19-6-7-20-13-10(18)8-12(13)21-11-5-3-2-4-9(11)14(15,16)17/h2-5,10,12-13H,6-8,18H2,1H3. The van der Waals surface area contributed by atoms with Gasteiger partial charge in [0, 0.05) is 19.6 Å². The predicted octanol–water partition coefficient (Wildman–Crippen LogP) is 2.22. The minimum absolute atomic E-state index is 0.192. The van der Waals surface area contributed by atoms with Gasteiger partial charge in [-0.3, -0.25) is 0 Å². The molecule has 0 aromatic heterocycles. The van der Waals surface area contributed by atoms with Crippen molar-refractivity contribution in [2.75, 3.05) is 20.3 Å². The van der Waals surface area contributed by atoms with Crippen molar-refractivity contribution in [2.45, 2.75) is 30.8 Å². The van der Waals surface area contributed by atoms with E-state index in [1.54, 1.807) is 0 Å². The van der Waals surface area contributed by atoms with E-state index >= 15 is 0 Å². The SMILES string of the molecule is COCCOC1C(N)CC1Oc1ccccc1C(F)(F)F. The van der Waals surface area contributed by atoms with Crippen molar-refractivity contribution in [3.8, 4) is 5.75 Å². The van der Waals surface area contributed by atoms with Gasteiger partial charge in [0.25, 0.3) is 0 Å². The molecule has 2 N–H and O–H groups in total. The highest BCUT2D eigenvalue weighted by Crippen LogP contribution is 2.38. The van der Waals surface area contributed by atoms with Crippen LogP contribution in [-0.2, 0) is 15.7 Å². The molecule has 21 heavy (non-hydrogen) atoms. The van der Waals surface area contributed by atoms with E-state index in [1.165, 1.54) is 25.3 Å². The zero-order valence-corrected chi connectivity index (χ0v) is 11.6. The lowest BCUT2D eigenvalue weighted by molar-refractivity contribution is -0.143. The van der Waals surface area contributed by atoms with Crippen LogP contribution in [0.1, 0.15) is 12.0 Å². The first kappa shape index (κ1) is 16.1. The number of nitrogens with two attached hydrogens (primary N) is 1. The number of ether oxygens (including phenoxy) is 3. The summed E-state index contributed by atoms with van der Waals surface area (Å²) in [5, 5.41) is 0. The highest BCUT2D eigenvalue weighted by atomic mass is 19.4. The smallest absolute Gasteiger partial charge is 0.419 e. The van der Waals surface area contributed by atoms with Crippen LogP contribution in [-0.4, -0.2) is 38.6 Å². The van der Waals surface area contributed by atoms with Crippen molar-refractivity contribution in [1.29, 1.82) is 0 Å². The van der Waals surface area contributed by atoms with Crippen LogP contribution in [0.15, 0.2) is 24.3 Å². The molecule has 0 heterocycles. The Hall–Kier alpha value is -1.31. The van der Waals surface area contributed by atoms with Gasteiger partial charge in [-0.15, -0.1) is 0 Å². The molecule has 1 fully saturated rings. The largest absolute Gasteiger partial charge is 0.487 e. The average Bonchev–Trinajstić information content (AvgIpc) is 2.42. The highest BCUT2D eigenvalue weighted by Gasteiger charge is 2.43. The number of para-hydroxylation sites is 1. The van der Waals surface area contributed by atoms with Gasteiger partial charge in [-0.05, 0) is 12.1 Å². The van der Waals surface area contributed by atoms with E-state index in [-0.39, 0.29) is 11.8 Å². The van der Waals surface area contributed by atoms with Gasteiger partial charge < -0.3 is 19.9 Å². The molecule has 0 saturated heterocycles. The van der Waals surface area contributed by atoms with Gasteiger partial charge in [0.2, 0.25) is 0 Å². The summed E-state index contributed by atoms with van der Waals surface area (Å²) in [5.74, 6) is -0.192. The molecule has 1 aliphatic carbocycles. The zero-order chi connectivity index (χ0) is 15.5. The fourth-order valence-corrected chi connectivity index (χ4v) is 2.20. The van der Waals surface area contributed by atoms with E-state index in [2.05, 4.69) is 0 Å². The first-order chi connectivity index (χ1) is 9.93. The number of rotatable bonds is 6. The lowest BCUT2D eigenvalue weighted by Gasteiger charge is -2.42. The van der Waals surface area contributed by atoms with Crippen LogP contribution in [0.5, 0.6) is 5.75 Å². The number of halogens is 3. The molecule has 3 unspecified atom stereocenters. The van der Waals surface area contributed by atoms with Crippen molar-refractivity contribution in [2.24, 2.45) is 5.73 Å². The third-order valence-corrected chi connectivity index (χ3v) is 3.36. The van der Waals surface area contributed by atoms with E-state index in [4.69, 9.17) is 19.9 Å². The van der Waals surface area contributed by atoms with Crippen LogP contribution in [0, 0.1) is 0 Å². The molecule has 1 aromatic carbocycles. The van der Waals surface area contributed by atoms with Crippen LogP contribution in [0.4, 0.5) is 13.2 Å². The molecule has 0 spiro atoms. The first-order valence-electron chi connectivity index (χ1n) is 6.62. The average molecular weight is 305 g/mol. The molecule has 1 aromatic rings. The third kappa shape index (κ3) is 3.87. The molecule has 118 valence electrons. The summed E-state index contributed by atoms with van der Waals surface area (Å²) in [4.78, 5) is 0. The van der Waals surface area contributed by atoms with Gasteiger partial charge in [0.15, 0.2) is 0 Å². The summed E-state index contributed by atoms with van der Waals surface area (Å²) in [6, 6.07) is 4.90. The van der Waals surface area contributed by atoms with Crippen molar-refractivity contribution < 1.29 is 27.4 Å². The van der Waals surface area contributed by atoms with Crippen LogP contribution < -0.4 is 10.5 Å². The number of benzene rings is 1. The van der Waals surface area contributed by atoms with Gasteiger partial charge in [-0.1, -0.05) is 12.1 Å². The Morgan fingerprint density at radius 1 is 1.24 bits per heavy atom. The summed E-state index contributed by atoms with van der Waals surface area (Å²) < 4.78 is 54.5. The second kappa shape index (κ2) is 6.64. The summed E-state index contributed by atoms with van der Waals surface area (Å²) in [6.07, 6.45) is -4.87. The fraction of sp³-hybridized carbons (Fsp3) is 0.571. The molecule has 7 heteroatoms. The predicted molar refractivity (Wildman–Crippen MR) is 70.1 cm³/mol. The van der Waals surface area contributed by atoms with E-state index in [0.29, 0.717) is 19.6 Å². The summed E-state index contributed by atoms with van der Waals surface area (Å²) in [6.45, 7) is 0.727. The lowest BCUT2D eigenvalue weighted by atomic mass is 9.86. The topological polar surface area (TPSA) is 53.7 Å². The van der Waals surface area contributed by atoms with Crippen molar-refractivity contribution in [3.63, 3.8) is 0 Å². The Bertz CT molecular complexity index is 467. The molecule has 0 bridgehead atoms. The summed E-state index contributed by atoms with van der Waals surface area (Å²) in [5.41, 5.74) is 5.01. The second-order valence-electron chi connectivity index (χ2n) is 4.88. The minimum atomic E-state index is -4.45. The van der Waals surface area contributed by atoms with Crippen molar-refractivity contribution in [3.05, 3.63) is 29.8 Å². The van der Waals surface area contributed by atoms with Crippen LogP contribution >= 0.6 is 0 Å². The maximum absolute atomic E-state index is 12.9. The molecule has 3 atom stereocenters. The first-order valence-corrected chi connectivity index (χ1v) is 6.62. The number of methoxy groups -OCH3 is 1. The Labute approximate surface area is 121 Å². The Morgan fingerprint density at radius 3 is 2.57 bits per heavy atom. The van der Waals surface area contributed by atoms with Gasteiger partial charge >= 0.3 is 6.18 Å². The molecule has 2 rings (SSSR count). The summed E-state index contributed by atoms with van der Waals surface area (Å²) in [7, 11) is 1.54. The van der Waals surface area contributed by atoms with Crippen LogP contribution in [0.25, 0.3) is 0 Å². The van der Waals surface area contributed by atoms with Gasteiger partial charge in [0.1, 0.15) is 18.0 Å². The van der Waals surface area contributed by atoms with E-state index in [9.17, 15) is 13.2 Å². The van der Waals surface area contributed by atoms with E-state index in [1.807, 2.05) is 0 Å².